The van der Waals surface area contributed by atoms with E-state index in [-0.39, 0.29) is 10.9 Å². The minimum absolute atomic E-state index is 0.287. The van der Waals surface area contributed by atoms with Gasteiger partial charge >= 0.3 is 0 Å². The van der Waals surface area contributed by atoms with Crippen LogP contribution >= 0.6 is 12.2 Å². The molecule has 1 heterocycles. The Kier molecular flexibility index (Phi) is 2.70. The molecule has 0 amide bonds. The van der Waals surface area contributed by atoms with Crippen molar-refractivity contribution >= 4 is 23.1 Å². The van der Waals surface area contributed by atoms with Gasteiger partial charge in [0.15, 0.2) is 4.77 Å². The molecule has 1 N–H and O–H groups in total. The van der Waals surface area contributed by atoms with Crippen LogP contribution in [0.3, 0.4) is 0 Å². The minimum atomic E-state index is -0.444. The Morgan fingerprint density at radius 2 is 2.31 bits per heavy atom. The van der Waals surface area contributed by atoms with Gasteiger partial charge in [-0.05, 0) is 30.4 Å². The first-order chi connectivity index (χ1) is 7.63. The quantitative estimate of drug-likeness (QED) is 0.642. The Morgan fingerprint density at radius 1 is 1.56 bits per heavy atom. The molecule has 0 unspecified atom stereocenters. The van der Waals surface area contributed by atoms with Gasteiger partial charge in [0.05, 0.1) is 10.9 Å². The molecule has 3 nitrogen and oxygen atoms in total. The summed E-state index contributed by atoms with van der Waals surface area (Å²) >= 11 is 5.03. The second kappa shape index (κ2) is 4.02. The Morgan fingerprint density at radius 3 is 3.00 bits per heavy atom. The third-order valence-electron chi connectivity index (χ3n) is 2.26. The molecular formula is C11H9FN2OS. The molecule has 0 saturated heterocycles. The van der Waals surface area contributed by atoms with E-state index in [9.17, 15) is 9.18 Å². The second-order valence-electron chi connectivity index (χ2n) is 3.32. The van der Waals surface area contributed by atoms with Crippen molar-refractivity contribution in [1.82, 2.24) is 9.55 Å². The van der Waals surface area contributed by atoms with E-state index in [4.69, 9.17) is 12.2 Å². The molecule has 82 valence electrons. The number of allylic oxidation sites excluding steroid dienone is 1. The number of aromatic nitrogens is 2. The minimum Gasteiger partial charge on any atom is -0.332 e. The van der Waals surface area contributed by atoms with E-state index < -0.39 is 5.82 Å². The number of rotatable bonds is 2. The van der Waals surface area contributed by atoms with Crippen molar-refractivity contribution in [2.45, 2.75) is 6.54 Å². The summed E-state index contributed by atoms with van der Waals surface area (Å²) in [6.45, 7) is 3.85. The normalized spacial score (nSPS) is 10.6. The summed E-state index contributed by atoms with van der Waals surface area (Å²) in [4.78, 5) is 14.8. The average molecular weight is 236 g/mol. The topological polar surface area (TPSA) is 37.8 Å². The lowest BCUT2D eigenvalue weighted by atomic mass is 10.2. The van der Waals surface area contributed by atoms with E-state index >= 15 is 0 Å². The van der Waals surface area contributed by atoms with Gasteiger partial charge in [-0.3, -0.25) is 9.36 Å². The third-order valence-corrected chi connectivity index (χ3v) is 2.58. The van der Waals surface area contributed by atoms with Crippen molar-refractivity contribution in [3.05, 3.63) is 51.8 Å². The highest BCUT2D eigenvalue weighted by atomic mass is 32.1. The van der Waals surface area contributed by atoms with Gasteiger partial charge in [0, 0.05) is 6.54 Å². The van der Waals surface area contributed by atoms with E-state index in [0.717, 1.165) is 0 Å². The molecule has 0 aliphatic rings. The van der Waals surface area contributed by atoms with E-state index in [0.29, 0.717) is 16.8 Å². The van der Waals surface area contributed by atoms with Gasteiger partial charge in [0.1, 0.15) is 5.82 Å². The molecule has 1 aromatic heterocycles. The van der Waals surface area contributed by atoms with Crippen molar-refractivity contribution in [2.75, 3.05) is 0 Å². The maximum atomic E-state index is 13.0. The predicted octanol–water partition coefficient (Wildman–Crippen LogP) is 2.38. The highest BCUT2D eigenvalue weighted by Crippen LogP contribution is 2.09. The highest BCUT2D eigenvalue weighted by molar-refractivity contribution is 7.71. The Hall–Kier alpha value is -1.75. The van der Waals surface area contributed by atoms with Crippen molar-refractivity contribution < 1.29 is 4.39 Å². The molecule has 5 heteroatoms. The van der Waals surface area contributed by atoms with Crippen LogP contribution in [0.1, 0.15) is 0 Å². The molecule has 0 spiro atoms. The largest absolute Gasteiger partial charge is 0.332 e. The van der Waals surface area contributed by atoms with Gasteiger partial charge in [-0.1, -0.05) is 6.08 Å². The summed E-state index contributed by atoms with van der Waals surface area (Å²) in [5, 5.41) is 0.287. The number of hydrogen-bond donors (Lipinski definition) is 1. The second-order valence-corrected chi connectivity index (χ2v) is 3.71. The molecule has 0 radical (unpaired) electrons. The standard InChI is InChI=1S/C11H9FN2OS/c1-2-5-14-10(15)8-6-7(12)3-4-9(8)13-11(14)16/h2-4,6H,1,5H2,(H,13,16). The summed E-state index contributed by atoms with van der Waals surface area (Å²) in [6, 6.07) is 3.98. The lowest BCUT2D eigenvalue weighted by Gasteiger charge is -2.05. The van der Waals surface area contributed by atoms with Crippen molar-refractivity contribution in [3.8, 4) is 0 Å². The predicted molar refractivity (Wildman–Crippen MR) is 63.5 cm³/mol. The van der Waals surface area contributed by atoms with Crippen LogP contribution in [0.5, 0.6) is 0 Å². The van der Waals surface area contributed by atoms with Gasteiger partial charge in [-0.2, -0.15) is 0 Å². The lowest BCUT2D eigenvalue weighted by Crippen LogP contribution is -2.21. The molecule has 0 aliphatic heterocycles. The third kappa shape index (κ3) is 1.69. The van der Waals surface area contributed by atoms with Crippen LogP contribution in [-0.4, -0.2) is 9.55 Å². The zero-order valence-corrected chi connectivity index (χ0v) is 9.18. The summed E-state index contributed by atoms with van der Waals surface area (Å²) in [6.07, 6.45) is 1.57. The van der Waals surface area contributed by atoms with E-state index in [1.54, 1.807) is 6.08 Å². The van der Waals surface area contributed by atoms with Gasteiger partial charge < -0.3 is 4.98 Å². The van der Waals surface area contributed by atoms with Crippen LogP contribution in [0.15, 0.2) is 35.6 Å². The SMILES string of the molecule is C=CCn1c(=S)[nH]c2ccc(F)cc2c1=O. The number of benzene rings is 1. The van der Waals surface area contributed by atoms with Gasteiger partial charge in [0.2, 0.25) is 0 Å². The number of hydrogen-bond acceptors (Lipinski definition) is 2. The molecule has 0 bridgehead atoms. The van der Waals surface area contributed by atoms with Crippen LogP contribution in [0.2, 0.25) is 0 Å². The van der Waals surface area contributed by atoms with Crippen LogP contribution in [0, 0.1) is 10.6 Å². The van der Waals surface area contributed by atoms with Crippen LogP contribution in [0.25, 0.3) is 10.9 Å². The Bertz CT molecular complexity index is 672. The first-order valence-corrected chi connectivity index (χ1v) is 5.07. The molecule has 0 fully saturated rings. The monoisotopic (exact) mass is 236 g/mol. The summed E-state index contributed by atoms with van der Waals surface area (Å²) < 4.78 is 14.7. The van der Waals surface area contributed by atoms with Gasteiger partial charge in [-0.25, -0.2) is 4.39 Å². The highest BCUT2D eigenvalue weighted by Gasteiger charge is 2.05. The van der Waals surface area contributed by atoms with E-state index in [1.165, 1.54) is 22.8 Å². The van der Waals surface area contributed by atoms with Gasteiger partial charge in [0.25, 0.3) is 5.56 Å². The molecule has 2 rings (SSSR count). The molecule has 2 aromatic rings. The van der Waals surface area contributed by atoms with Crippen molar-refractivity contribution in [3.63, 3.8) is 0 Å². The summed E-state index contributed by atoms with van der Waals surface area (Å²) in [5.74, 6) is -0.444. The van der Waals surface area contributed by atoms with Crippen LogP contribution < -0.4 is 5.56 Å². The van der Waals surface area contributed by atoms with Crippen molar-refractivity contribution in [1.29, 1.82) is 0 Å². The number of H-pyrrole nitrogens is 1. The molecule has 1 aromatic carbocycles. The van der Waals surface area contributed by atoms with Crippen LogP contribution in [-0.2, 0) is 6.54 Å². The fourth-order valence-corrected chi connectivity index (χ4v) is 1.79. The first-order valence-electron chi connectivity index (χ1n) is 4.67. The average Bonchev–Trinajstić information content (AvgIpc) is 2.26. The number of nitrogens with zero attached hydrogens (tertiary/aromatic N) is 1. The van der Waals surface area contributed by atoms with Crippen molar-refractivity contribution in [2.24, 2.45) is 0 Å². The number of fused-ring (bicyclic) bond motifs is 1. The maximum Gasteiger partial charge on any atom is 0.262 e. The van der Waals surface area contributed by atoms with Crippen LogP contribution in [0.4, 0.5) is 4.39 Å². The summed E-state index contributed by atoms with van der Waals surface area (Å²) in [7, 11) is 0. The maximum absolute atomic E-state index is 13.0. The zero-order valence-electron chi connectivity index (χ0n) is 8.37. The fourth-order valence-electron chi connectivity index (χ4n) is 1.52. The van der Waals surface area contributed by atoms with Gasteiger partial charge in [-0.15, -0.1) is 6.58 Å². The molecule has 0 atom stereocenters. The summed E-state index contributed by atoms with van der Waals surface area (Å²) in [5.41, 5.74) is 0.231. The molecule has 0 saturated carbocycles. The zero-order chi connectivity index (χ0) is 11.7. The van der Waals surface area contributed by atoms with E-state index in [1.807, 2.05) is 0 Å². The van der Waals surface area contributed by atoms with E-state index in [2.05, 4.69) is 11.6 Å². The number of aromatic amines is 1. The Labute approximate surface area is 95.9 Å². The Balaban J connectivity index is 2.90. The first kappa shape index (κ1) is 10.8. The number of halogens is 1. The molecule has 0 aliphatic carbocycles. The molecule has 16 heavy (non-hydrogen) atoms. The smallest absolute Gasteiger partial charge is 0.262 e. The fraction of sp³-hybridized carbons (Fsp3) is 0.0909. The molecular weight excluding hydrogens is 227 g/mol. The lowest BCUT2D eigenvalue weighted by molar-refractivity contribution is 0.629. The number of nitrogens with one attached hydrogen (secondary N) is 1.